The Kier molecular flexibility index (Phi) is 7.43. The van der Waals surface area contributed by atoms with E-state index in [1.165, 1.54) is 76.6 Å². The molecular formula is C58H36N2O. The monoisotopic (exact) mass is 776 g/mol. The molecule has 0 atom stereocenters. The van der Waals surface area contributed by atoms with Gasteiger partial charge in [0.15, 0.2) is 5.82 Å². The highest BCUT2D eigenvalue weighted by atomic mass is 16.3. The summed E-state index contributed by atoms with van der Waals surface area (Å²) in [6, 6.07) is 65.6. The van der Waals surface area contributed by atoms with Gasteiger partial charge < -0.3 is 4.42 Å². The fraction of sp³-hybridized carbons (Fsp3) is 0.0345. The highest BCUT2D eigenvalue weighted by Crippen LogP contribution is 2.52. The molecule has 2 aliphatic rings. The minimum atomic E-state index is 0.700. The van der Waals surface area contributed by atoms with Crippen molar-refractivity contribution in [3.8, 4) is 78.4 Å². The maximum atomic E-state index is 6.47. The first-order chi connectivity index (χ1) is 30.2. The second kappa shape index (κ2) is 13.3. The quantitative estimate of drug-likeness (QED) is 0.163. The summed E-state index contributed by atoms with van der Waals surface area (Å²) in [7, 11) is 0. The van der Waals surface area contributed by atoms with Crippen LogP contribution in [0.5, 0.6) is 0 Å². The SMILES string of the molecule is C1=Cc2c(oc3cc4c5c(cccc5c23)-c2cc(-c3ccc(-c5cccc(-c6nc(-c7ccccc7)cc(-c7ccc8ccc9ccccc9c8c7)n6)c5)cc3)ccc2-4)CC1. The predicted molar refractivity (Wildman–Crippen MR) is 253 cm³/mol. The molecule has 0 aliphatic heterocycles. The van der Waals surface area contributed by atoms with Crippen LogP contribution >= 0.6 is 0 Å². The van der Waals surface area contributed by atoms with Gasteiger partial charge in [0.2, 0.25) is 0 Å². The summed E-state index contributed by atoms with van der Waals surface area (Å²) in [5.74, 6) is 1.81. The largest absolute Gasteiger partial charge is 0.460 e. The van der Waals surface area contributed by atoms with E-state index in [-0.39, 0.29) is 0 Å². The van der Waals surface area contributed by atoms with E-state index in [4.69, 9.17) is 14.4 Å². The lowest BCUT2D eigenvalue weighted by Gasteiger charge is -2.12. The number of furan rings is 1. The van der Waals surface area contributed by atoms with Crippen LogP contribution in [0, 0.1) is 0 Å². The summed E-state index contributed by atoms with van der Waals surface area (Å²) in [5, 5.41) is 8.76. The second-order valence-corrected chi connectivity index (χ2v) is 16.4. The first-order valence-electron chi connectivity index (χ1n) is 21.1. The van der Waals surface area contributed by atoms with E-state index >= 15 is 0 Å². The van der Waals surface area contributed by atoms with E-state index in [0.717, 1.165) is 63.4 Å². The third kappa shape index (κ3) is 5.44. The summed E-state index contributed by atoms with van der Waals surface area (Å²) in [6.07, 6.45) is 6.52. The Morgan fingerprint density at radius 2 is 1.07 bits per heavy atom. The summed E-state index contributed by atoms with van der Waals surface area (Å²) in [6.45, 7) is 0. The van der Waals surface area contributed by atoms with E-state index in [1.807, 2.05) is 6.07 Å². The molecule has 2 heterocycles. The minimum absolute atomic E-state index is 0.700. The van der Waals surface area contributed by atoms with E-state index in [9.17, 15) is 0 Å². The number of allylic oxidation sites excluding steroid dienone is 1. The molecule has 0 unspecified atom stereocenters. The lowest BCUT2D eigenvalue weighted by molar-refractivity contribution is 0.546. The third-order valence-electron chi connectivity index (χ3n) is 12.9. The van der Waals surface area contributed by atoms with Crippen LogP contribution in [0.15, 0.2) is 192 Å². The van der Waals surface area contributed by atoms with E-state index in [1.54, 1.807) is 0 Å². The molecule has 0 amide bonds. The molecule has 0 fully saturated rings. The maximum absolute atomic E-state index is 6.47. The van der Waals surface area contributed by atoms with Gasteiger partial charge in [-0.2, -0.15) is 0 Å². The number of hydrogen-bond acceptors (Lipinski definition) is 3. The van der Waals surface area contributed by atoms with E-state index in [0.29, 0.717) is 5.82 Å². The van der Waals surface area contributed by atoms with Crippen molar-refractivity contribution in [2.24, 2.45) is 0 Å². The number of rotatable bonds is 5. The first kappa shape index (κ1) is 34.0. The average molecular weight is 777 g/mol. The lowest BCUT2D eigenvalue weighted by Crippen LogP contribution is -1.96. The first-order valence-corrected chi connectivity index (χ1v) is 21.1. The predicted octanol–water partition coefficient (Wildman–Crippen LogP) is 15.6. The second-order valence-electron chi connectivity index (χ2n) is 16.4. The van der Waals surface area contributed by atoms with Gasteiger partial charge >= 0.3 is 0 Å². The fourth-order valence-electron chi connectivity index (χ4n) is 9.88. The maximum Gasteiger partial charge on any atom is 0.160 e. The van der Waals surface area contributed by atoms with Gasteiger partial charge in [-0.3, -0.25) is 0 Å². The average Bonchev–Trinajstić information content (AvgIpc) is 3.87. The number of fused-ring (bicyclic) bond motifs is 10. The number of aryl methyl sites for hydroxylation is 1. The van der Waals surface area contributed by atoms with Crippen LogP contribution in [-0.4, -0.2) is 9.97 Å². The molecule has 0 bridgehead atoms. The Morgan fingerprint density at radius 3 is 1.93 bits per heavy atom. The molecule has 9 aromatic carbocycles. The van der Waals surface area contributed by atoms with Crippen molar-refractivity contribution < 1.29 is 4.42 Å². The highest BCUT2D eigenvalue weighted by molar-refractivity contribution is 6.24. The van der Waals surface area contributed by atoms with Crippen LogP contribution in [0.3, 0.4) is 0 Å². The topological polar surface area (TPSA) is 38.9 Å². The molecule has 61 heavy (non-hydrogen) atoms. The number of benzene rings is 9. The summed E-state index contributed by atoms with van der Waals surface area (Å²) < 4.78 is 6.47. The third-order valence-corrected chi connectivity index (χ3v) is 12.9. The zero-order valence-corrected chi connectivity index (χ0v) is 33.2. The molecule has 0 saturated carbocycles. The normalized spacial score (nSPS) is 12.7. The van der Waals surface area contributed by atoms with Gasteiger partial charge in [-0.25, -0.2) is 9.97 Å². The molecule has 3 heteroatoms. The van der Waals surface area contributed by atoms with Crippen LogP contribution in [-0.2, 0) is 6.42 Å². The Bertz CT molecular complexity index is 3630. The Labute approximate surface area is 352 Å². The Hall–Kier alpha value is -7.88. The van der Waals surface area contributed by atoms with Crippen molar-refractivity contribution >= 4 is 49.4 Å². The van der Waals surface area contributed by atoms with Gasteiger partial charge in [-0.1, -0.05) is 164 Å². The van der Waals surface area contributed by atoms with Gasteiger partial charge in [0.25, 0.3) is 0 Å². The van der Waals surface area contributed by atoms with Gasteiger partial charge in [-0.05, 0) is 114 Å². The number of nitrogens with zero attached hydrogens (tertiary/aromatic N) is 2. The molecular weight excluding hydrogens is 741 g/mol. The summed E-state index contributed by atoms with van der Waals surface area (Å²) in [5.41, 5.74) is 16.9. The van der Waals surface area contributed by atoms with Gasteiger partial charge in [0, 0.05) is 34.1 Å². The molecule has 11 aromatic rings. The minimum Gasteiger partial charge on any atom is -0.460 e. The van der Waals surface area contributed by atoms with E-state index in [2.05, 4.69) is 188 Å². The summed E-state index contributed by atoms with van der Waals surface area (Å²) in [4.78, 5) is 10.4. The molecule has 0 saturated heterocycles. The van der Waals surface area contributed by atoms with Crippen LogP contribution in [0.1, 0.15) is 17.7 Å². The van der Waals surface area contributed by atoms with Crippen LogP contribution in [0.25, 0.3) is 128 Å². The van der Waals surface area contributed by atoms with Crippen molar-refractivity contribution in [1.29, 1.82) is 0 Å². The van der Waals surface area contributed by atoms with Crippen molar-refractivity contribution in [2.45, 2.75) is 12.8 Å². The molecule has 13 rings (SSSR count). The smallest absolute Gasteiger partial charge is 0.160 e. The number of hydrogen-bond donors (Lipinski definition) is 0. The molecule has 0 spiro atoms. The zero-order valence-electron chi connectivity index (χ0n) is 33.2. The van der Waals surface area contributed by atoms with Crippen molar-refractivity contribution in [3.63, 3.8) is 0 Å². The fourth-order valence-corrected chi connectivity index (χ4v) is 9.88. The molecule has 284 valence electrons. The highest BCUT2D eigenvalue weighted by Gasteiger charge is 2.26. The van der Waals surface area contributed by atoms with Crippen LogP contribution in [0.4, 0.5) is 0 Å². The van der Waals surface area contributed by atoms with Crippen molar-refractivity contribution in [1.82, 2.24) is 9.97 Å². The molecule has 3 nitrogen and oxygen atoms in total. The molecule has 0 radical (unpaired) electrons. The lowest BCUT2D eigenvalue weighted by atomic mass is 9.95. The standard InChI is InChI=1S/C58H36N2O/c1-2-11-39(12-3-1)52-34-53(42-27-26-38-25-24-37-10-4-5-15-44(37)49(38)32-42)60-58(59-52)43-14-8-13-40(30-43)35-20-22-36(23-21-35)41-28-29-45-50(31-41)46-17-9-18-48-56(46)51(45)33-55-57(48)47-16-6-7-19-54(47)61-55/h1-6,8-18,20-34H,7,19H2. The van der Waals surface area contributed by atoms with Crippen molar-refractivity contribution in [3.05, 3.63) is 199 Å². The van der Waals surface area contributed by atoms with E-state index < -0.39 is 0 Å². The Balaban J connectivity index is 0.855. The molecule has 2 aliphatic carbocycles. The molecule has 0 N–H and O–H groups in total. The molecule has 2 aromatic heterocycles. The number of aromatic nitrogens is 2. The van der Waals surface area contributed by atoms with Gasteiger partial charge in [0.1, 0.15) is 11.3 Å². The van der Waals surface area contributed by atoms with Gasteiger partial charge in [0.05, 0.1) is 11.4 Å². The van der Waals surface area contributed by atoms with Crippen LogP contribution < -0.4 is 0 Å². The zero-order chi connectivity index (χ0) is 40.0. The van der Waals surface area contributed by atoms with Gasteiger partial charge in [-0.15, -0.1) is 0 Å². The van der Waals surface area contributed by atoms with Crippen molar-refractivity contribution in [2.75, 3.05) is 0 Å². The van der Waals surface area contributed by atoms with Crippen LogP contribution in [0.2, 0.25) is 0 Å². The summed E-state index contributed by atoms with van der Waals surface area (Å²) >= 11 is 0. The Morgan fingerprint density at radius 1 is 0.393 bits per heavy atom.